The topological polar surface area (TPSA) is 0 Å². The highest BCUT2D eigenvalue weighted by Gasteiger charge is 1.92. The van der Waals surface area contributed by atoms with Crippen molar-refractivity contribution in [1.29, 1.82) is 0 Å². The second-order valence-corrected chi connectivity index (χ2v) is 2.66. The van der Waals surface area contributed by atoms with Crippen molar-refractivity contribution < 1.29 is 0 Å². The van der Waals surface area contributed by atoms with Crippen molar-refractivity contribution in [2.75, 3.05) is 0 Å². The zero-order valence-electron chi connectivity index (χ0n) is 7.85. The SMILES string of the molecule is C=C/C(C)=C(\C=C/C)CCC. The second-order valence-electron chi connectivity index (χ2n) is 2.66. The Hall–Kier alpha value is -0.780. The van der Waals surface area contributed by atoms with E-state index in [0.29, 0.717) is 0 Å². The lowest BCUT2D eigenvalue weighted by atomic mass is 10.0. The number of allylic oxidation sites excluding steroid dienone is 5. The zero-order valence-corrected chi connectivity index (χ0v) is 7.85. The quantitative estimate of drug-likeness (QED) is 0.534. The van der Waals surface area contributed by atoms with Gasteiger partial charge in [0.25, 0.3) is 0 Å². The summed E-state index contributed by atoms with van der Waals surface area (Å²) in [6.07, 6.45) is 8.52. The van der Waals surface area contributed by atoms with Gasteiger partial charge in [-0.05, 0) is 31.4 Å². The minimum absolute atomic E-state index is 1.15. The van der Waals surface area contributed by atoms with Gasteiger partial charge in [0.2, 0.25) is 0 Å². The monoisotopic (exact) mass is 150 g/mol. The summed E-state index contributed by atoms with van der Waals surface area (Å²) in [7, 11) is 0. The van der Waals surface area contributed by atoms with Gasteiger partial charge in [0, 0.05) is 0 Å². The molecule has 0 atom stereocenters. The molecule has 0 aromatic carbocycles. The molecule has 0 aliphatic heterocycles. The highest BCUT2D eigenvalue weighted by atomic mass is 14.0. The molecule has 0 N–H and O–H groups in total. The Morgan fingerprint density at radius 1 is 1.45 bits per heavy atom. The van der Waals surface area contributed by atoms with Crippen LogP contribution in [0, 0.1) is 0 Å². The third-order valence-corrected chi connectivity index (χ3v) is 1.70. The molecule has 0 saturated heterocycles. The molecule has 0 heterocycles. The molecule has 0 aromatic rings. The molecule has 62 valence electrons. The maximum absolute atomic E-state index is 3.75. The molecule has 0 aliphatic carbocycles. The van der Waals surface area contributed by atoms with Crippen LogP contribution in [-0.2, 0) is 0 Å². The Balaban J connectivity index is 4.42. The molecule has 0 saturated carbocycles. The lowest BCUT2D eigenvalue weighted by Gasteiger charge is -2.01. The van der Waals surface area contributed by atoms with Crippen molar-refractivity contribution in [3.63, 3.8) is 0 Å². The van der Waals surface area contributed by atoms with Crippen LogP contribution in [0.5, 0.6) is 0 Å². The highest BCUT2D eigenvalue weighted by molar-refractivity contribution is 5.30. The Morgan fingerprint density at radius 2 is 2.09 bits per heavy atom. The van der Waals surface area contributed by atoms with E-state index in [9.17, 15) is 0 Å². The van der Waals surface area contributed by atoms with E-state index in [1.54, 1.807) is 0 Å². The molecule has 0 amide bonds. The first-order valence-electron chi connectivity index (χ1n) is 4.21. The van der Waals surface area contributed by atoms with E-state index in [2.05, 4.69) is 32.6 Å². The summed E-state index contributed by atoms with van der Waals surface area (Å²) in [5.74, 6) is 0. The van der Waals surface area contributed by atoms with E-state index in [1.807, 2.05) is 13.0 Å². The lowest BCUT2D eigenvalue weighted by Crippen LogP contribution is -1.81. The van der Waals surface area contributed by atoms with Crippen molar-refractivity contribution in [2.24, 2.45) is 0 Å². The first-order chi connectivity index (χ1) is 5.26. The standard InChI is InChI=1S/C11H18/c1-5-8-11(9-6-2)10(4)7-3/h5,7-8H,3,6,9H2,1-2,4H3/b8-5-,11-10+. The molecule has 0 aliphatic rings. The summed E-state index contributed by atoms with van der Waals surface area (Å²) in [5.41, 5.74) is 2.70. The van der Waals surface area contributed by atoms with Gasteiger partial charge in [0.15, 0.2) is 0 Å². The minimum Gasteiger partial charge on any atom is -0.0988 e. The minimum atomic E-state index is 1.15. The molecule has 0 fully saturated rings. The van der Waals surface area contributed by atoms with E-state index in [4.69, 9.17) is 0 Å². The average Bonchev–Trinajstić information content (AvgIpc) is 2.03. The predicted molar refractivity (Wildman–Crippen MR) is 52.6 cm³/mol. The number of hydrogen-bond acceptors (Lipinski definition) is 0. The highest BCUT2D eigenvalue weighted by Crippen LogP contribution is 2.12. The molecule has 0 rings (SSSR count). The zero-order chi connectivity index (χ0) is 8.69. The van der Waals surface area contributed by atoms with Crippen LogP contribution in [0.15, 0.2) is 36.0 Å². The van der Waals surface area contributed by atoms with Crippen LogP contribution < -0.4 is 0 Å². The Kier molecular flexibility index (Phi) is 5.54. The van der Waals surface area contributed by atoms with Crippen molar-refractivity contribution in [1.82, 2.24) is 0 Å². The third-order valence-electron chi connectivity index (χ3n) is 1.70. The molecule has 0 unspecified atom stereocenters. The van der Waals surface area contributed by atoms with Gasteiger partial charge < -0.3 is 0 Å². The lowest BCUT2D eigenvalue weighted by molar-refractivity contribution is 0.917. The fraction of sp³-hybridized carbons (Fsp3) is 0.455. The molecule has 0 nitrogen and oxygen atoms in total. The molecular weight excluding hydrogens is 132 g/mol. The van der Waals surface area contributed by atoms with Gasteiger partial charge in [-0.1, -0.05) is 38.2 Å². The predicted octanol–water partition coefficient (Wildman–Crippen LogP) is 3.87. The number of hydrogen-bond donors (Lipinski definition) is 0. The summed E-state index contributed by atoms with van der Waals surface area (Å²) >= 11 is 0. The van der Waals surface area contributed by atoms with Gasteiger partial charge in [0.05, 0.1) is 0 Å². The molecule has 0 radical (unpaired) electrons. The van der Waals surface area contributed by atoms with Crippen molar-refractivity contribution in [2.45, 2.75) is 33.6 Å². The van der Waals surface area contributed by atoms with Crippen LogP contribution in [0.1, 0.15) is 33.6 Å². The number of rotatable bonds is 4. The summed E-state index contributed by atoms with van der Waals surface area (Å²) in [6.45, 7) is 10.1. The van der Waals surface area contributed by atoms with Crippen LogP contribution in [0.4, 0.5) is 0 Å². The van der Waals surface area contributed by atoms with Gasteiger partial charge in [0.1, 0.15) is 0 Å². The molecule has 0 aromatic heterocycles. The van der Waals surface area contributed by atoms with Gasteiger partial charge in [-0.25, -0.2) is 0 Å². The Labute approximate surface area is 70.3 Å². The third kappa shape index (κ3) is 3.82. The molecule has 0 heteroatoms. The van der Waals surface area contributed by atoms with Crippen molar-refractivity contribution in [3.8, 4) is 0 Å². The van der Waals surface area contributed by atoms with Crippen LogP contribution in [0.25, 0.3) is 0 Å². The maximum atomic E-state index is 3.75. The van der Waals surface area contributed by atoms with E-state index in [-0.39, 0.29) is 0 Å². The molecule has 0 spiro atoms. The van der Waals surface area contributed by atoms with Gasteiger partial charge in [-0.3, -0.25) is 0 Å². The van der Waals surface area contributed by atoms with E-state index in [1.165, 1.54) is 17.6 Å². The molecule has 11 heavy (non-hydrogen) atoms. The molecule has 0 bridgehead atoms. The van der Waals surface area contributed by atoms with Crippen LogP contribution in [0.2, 0.25) is 0 Å². The van der Waals surface area contributed by atoms with Gasteiger partial charge in [-0.2, -0.15) is 0 Å². The smallest absolute Gasteiger partial charge is 0.0279 e. The Morgan fingerprint density at radius 3 is 2.45 bits per heavy atom. The average molecular weight is 150 g/mol. The van der Waals surface area contributed by atoms with Crippen LogP contribution >= 0.6 is 0 Å². The second kappa shape index (κ2) is 5.96. The molecular formula is C11H18. The van der Waals surface area contributed by atoms with Crippen LogP contribution in [-0.4, -0.2) is 0 Å². The normalized spacial score (nSPS) is 13.4. The first-order valence-corrected chi connectivity index (χ1v) is 4.21. The fourth-order valence-electron chi connectivity index (χ4n) is 1.01. The van der Waals surface area contributed by atoms with E-state index >= 15 is 0 Å². The van der Waals surface area contributed by atoms with Crippen LogP contribution in [0.3, 0.4) is 0 Å². The summed E-state index contributed by atoms with van der Waals surface area (Å²) < 4.78 is 0. The van der Waals surface area contributed by atoms with Gasteiger partial charge in [-0.15, -0.1) is 0 Å². The van der Waals surface area contributed by atoms with Crippen molar-refractivity contribution >= 4 is 0 Å². The summed E-state index contributed by atoms with van der Waals surface area (Å²) in [6, 6.07) is 0. The van der Waals surface area contributed by atoms with Crippen molar-refractivity contribution in [3.05, 3.63) is 36.0 Å². The van der Waals surface area contributed by atoms with E-state index in [0.717, 1.165) is 6.42 Å². The first kappa shape index (κ1) is 10.2. The maximum Gasteiger partial charge on any atom is -0.0279 e. The largest absolute Gasteiger partial charge is 0.0988 e. The van der Waals surface area contributed by atoms with E-state index < -0.39 is 0 Å². The van der Waals surface area contributed by atoms with Gasteiger partial charge >= 0.3 is 0 Å². The summed E-state index contributed by atoms with van der Waals surface area (Å²) in [4.78, 5) is 0. The summed E-state index contributed by atoms with van der Waals surface area (Å²) in [5, 5.41) is 0. The fourth-order valence-corrected chi connectivity index (χ4v) is 1.01. The Bertz CT molecular complexity index is 170.